The van der Waals surface area contributed by atoms with E-state index >= 15 is 0 Å². The Morgan fingerprint density at radius 1 is 1.10 bits per heavy atom. The highest BCUT2D eigenvalue weighted by Gasteiger charge is 2.33. The van der Waals surface area contributed by atoms with Crippen LogP contribution in [0.5, 0.6) is 0 Å². The van der Waals surface area contributed by atoms with Gasteiger partial charge in [-0.2, -0.15) is 0 Å². The number of rotatable bonds is 4. The average Bonchev–Trinajstić information content (AvgIpc) is 2.94. The zero-order valence-corrected chi connectivity index (χ0v) is 18.1. The quantitative estimate of drug-likeness (QED) is 0.728. The molecule has 0 spiro atoms. The Kier molecular flexibility index (Phi) is 5.94. The van der Waals surface area contributed by atoms with Crippen molar-refractivity contribution in [3.8, 4) is 0 Å². The summed E-state index contributed by atoms with van der Waals surface area (Å²) in [6.07, 6.45) is 1.76. The number of thioether (sulfide) groups is 1. The van der Waals surface area contributed by atoms with Crippen LogP contribution in [0.3, 0.4) is 0 Å². The maximum atomic E-state index is 12.8. The van der Waals surface area contributed by atoms with E-state index in [9.17, 15) is 9.59 Å². The molecule has 3 rings (SSSR count). The molecule has 0 atom stereocenters. The monoisotopic (exact) mass is 407 g/mol. The first-order chi connectivity index (χ1) is 13.6. The second-order valence-electron chi connectivity index (χ2n) is 7.70. The highest BCUT2D eigenvalue weighted by atomic mass is 32.2. The number of amides is 2. The number of amidine groups is 1. The Hall–Kier alpha value is -2.86. The smallest absolute Gasteiger partial charge is 0.275 e. The fourth-order valence-electron chi connectivity index (χ4n) is 3.01. The molecule has 0 fully saturated rings. The van der Waals surface area contributed by atoms with E-state index in [0.29, 0.717) is 10.9 Å². The predicted molar refractivity (Wildman–Crippen MR) is 121 cm³/mol. The van der Waals surface area contributed by atoms with Crippen molar-refractivity contribution in [2.75, 3.05) is 5.32 Å². The normalized spacial score (nSPS) is 15.3. The van der Waals surface area contributed by atoms with Crippen LogP contribution in [0.4, 0.5) is 5.69 Å². The summed E-state index contributed by atoms with van der Waals surface area (Å²) in [4.78, 5) is 29.6. The second kappa shape index (κ2) is 8.25. The lowest BCUT2D eigenvalue weighted by atomic mass is 10.1. The van der Waals surface area contributed by atoms with E-state index in [2.05, 4.69) is 21.7 Å². The minimum Gasteiger partial charge on any atom is -0.325 e. The van der Waals surface area contributed by atoms with Crippen molar-refractivity contribution >= 4 is 40.5 Å². The molecule has 0 bridgehead atoms. The third-order valence-corrected chi connectivity index (χ3v) is 5.62. The molecular formula is C23H25N3O2S. The Morgan fingerprint density at radius 2 is 1.76 bits per heavy atom. The van der Waals surface area contributed by atoms with E-state index in [0.717, 1.165) is 27.9 Å². The van der Waals surface area contributed by atoms with Gasteiger partial charge in [-0.05, 0) is 75.1 Å². The van der Waals surface area contributed by atoms with Crippen LogP contribution in [0.25, 0.3) is 6.08 Å². The molecule has 0 radical (unpaired) electrons. The van der Waals surface area contributed by atoms with Crippen LogP contribution in [0.15, 0.2) is 53.2 Å². The molecule has 6 heteroatoms. The van der Waals surface area contributed by atoms with Crippen LogP contribution in [0.2, 0.25) is 0 Å². The second-order valence-corrected chi connectivity index (χ2v) is 9.31. The third-order valence-electron chi connectivity index (χ3n) is 4.53. The molecular weight excluding hydrogens is 382 g/mol. The van der Waals surface area contributed by atoms with E-state index < -0.39 is 4.75 Å². The number of anilines is 1. The van der Waals surface area contributed by atoms with Gasteiger partial charge in [-0.25, -0.2) is 4.99 Å². The first kappa shape index (κ1) is 20.9. The van der Waals surface area contributed by atoms with Gasteiger partial charge in [-0.3, -0.25) is 14.9 Å². The van der Waals surface area contributed by atoms with E-state index in [1.165, 1.54) is 11.8 Å². The number of nitrogens with one attached hydrogen (secondary N) is 2. The van der Waals surface area contributed by atoms with Gasteiger partial charge in [0.15, 0.2) is 5.17 Å². The highest BCUT2D eigenvalue weighted by Crippen LogP contribution is 2.30. The maximum absolute atomic E-state index is 12.8. The zero-order valence-electron chi connectivity index (χ0n) is 17.3. The first-order valence-corrected chi connectivity index (χ1v) is 10.2. The summed E-state index contributed by atoms with van der Waals surface area (Å²) in [6, 6.07) is 13.7. The molecule has 0 aromatic heterocycles. The van der Waals surface area contributed by atoms with Crippen LogP contribution in [-0.4, -0.2) is 21.7 Å². The predicted octanol–water partition coefficient (Wildman–Crippen LogP) is 4.59. The molecule has 1 aliphatic rings. The molecule has 1 heterocycles. The molecule has 29 heavy (non-hydrogen) atoms. The van der Waals surface area contributed by atoms with Crippen molar-refractivity contribution in [3.05, 3.63) is 70.4 Å². The van der Waals surface area contributed by atoms with E-state index in [4.69, 9.17) is 0 Å². The first-order valence-electron chi connectivity index (χ1n) is 9.40. The Labute approximate surface area is 175 Å². The standard InChI is InChI=1S/C23H25N3O2S/c1-14-10-15(2)12-18(11-14)24-21(28)23(4,5)29-22-25-19(20(27)26-22)13-17-9-7-6-8-16(17)3/h6-13H,1-5H3,(H,24,28)(H,25,26,27). The van der Waals surface area contributed by atoms with Crippen LogP contribution in [0, 0.1) is 20.8 Å². The third kappa shape index (κ3) is 5.15. The van der Waals surface area contributed by atoms with Crippen molar-refractivity contribution in [2.45, 2.75) is 39.4 Å². The molecule has 2 amide bonds. The van der Waals surface area contributed by atoms with Crippen LogP contribution in [0.1, 0.15) is 36.1 Å². The maximum Gasteiger partial charge on any atom is 0.275 e. The minimum absolute atomic E-state index is 0.152. The van der Waals surface area contributed by atoms with Crippen molar-refractivity contribution < 1.29 is 9.59 Å². The van der Waals surface area contributed by atoms with Gasteiger partial charge in [0.05, 0.1) is 4.75 Å². The molecule has 150 valence electrons. The number of hydrogen-bond donors (Lipinski definition) is 2. The number of aryl methyl sites for hydroxylation is 3. The fourth-order valence-corrected chi connectivity index (χ4v) is 3.92. The van der Waals surface area contributed by atoms with E-state index in [1.807, 2.05) is 71.0 Å². The highest BCUT2D eigenvalue weighted by molar-refractivity contribution is 8.15. The van der Waals surface area contributed by atoms with Crippen LogP contribution >= 0.6 is 11.8 Å². The number of nitrogens with zero attached hydrogens (tertiary/aromatic N) is 1. The van der Waals surface area contributed by atoms with E-state index in [-0.39, 0.29) is 11.8 Å². The van der Waals surface area contributed by atoms with Crippen molar-refractivity contribution in [1.82, 2.24) is 5.32 Å². The number of hydrogen-bond acceptors (Lipinski definition) is 4. The molecule has 1 aliphatic heterocycles. The summed E-state index contributed by atoms with van der Waals surface area (Å²) in [6.45, 7) is 9.60. The number of carbonyl (C=O) groups is 2. The summed E-state index contributed by atoms with van der Waals surface area (Å²) in [5.41, 5.74) is 5.29. The van der Waals surface area contributed by atoms with Gasteiger partial charge in [-0.1, -0.05) is 42.1 Å². The van der Waals surface area contributed by atoms with E-state index in [1.54, 1.807) is 6.08 Å². The minimum atomic E-state index is -0.818. The summed E-state index contributed by atoms with van der Waals surface area (Å²) < 4.78 is -0.818. The lowest BCUT2D eigenvalue weighted by molar-refractivity contribution is -0.118. The summed E-state index contributed by atoms with van der Waals surface area (Å²) in [5, 5.41) is 6.15. The van der Waals surface area contributed by atoms with Gasteiger partial charge in [0.25, 0.3) is 5.91 Å². The topological polar surface area (TPSA) is 70.6 Å². The zero-order chi connectivity index (χ0) is 21.2. The molecule has 0 unspecified atom stereocenters. The molecule has 0 saturated heterocycles. The van der Waals surface area contributed by atoms with Crippen LogP contribution < -0.4 is 10.6 Å². The lowest BCUT2D eigenvalue weighted by Crippen LogP contribution is -2.37. The largest absolute Gasteiger partial charge is 0.325 e. The van der Waals surface area contributed by atoms with Gasteiger partial charge in [-0.15, -0.1) is 0 Å². The Balaban J connectivity index is 1.74. The van der Waals surface area contributed by atoms with Crippen molar-refractivity contribution in [2.24, 2.45) is 4.99 Å². The van der Waals surface area contributed by atoms with Crippen molar-refractivity contribution in [1.29, 1.82) is 0 Å². The van der Waals surface area contributed by atoms with Gasteiger partial charge < -0.3 is 5.32 Å². The molecule has 0 saturated carbocycles. The van der Waals surface area contributed by atoms with Gasteiger partial charge in [0, 0.05) is 5.69 Å². The summed E-state index contributed by atoms with van der Waals surface area (Å²) in [5.74, 6) is -0.415. The lowest BCUT2D eigenvalue weighted by Gasteiger charge is -2.22. The SMILES string of the molecule is Cc1cc(C)cc(NC(=O)C(C)(C)SC2=NC(=Cc3ccccc3C)C(=O)N2)c1. The molecule has 2 aromatic rings. The van der Waals surface area contributed by atoms with Gasteiger partial charge in [0.1, 0.15) is 5.70 Å². The summed E-state index contributed by atoms with van der Waals surface area (Å²) >= 11 is 1.23. The van der Waals surface area contributed by atoms with Crippen LogP contribution in [-0.2, 0) is 9.59 Å². The van der Waals surface area contributed by atoms with Gasteiger partial charge >= 0.3 is 0 Å². The Morgan fingerprint density at radius 3 is 2.41 bits per heavy atom. The average molecular weight is 408 g/mol. The fraction of sp³-hybridized carbons (Fsp3) is 0.261. The number of aliphatic imine (C=N–C) groups is 1. The molecule has 0 aliphatic carbocycles. The number of carbonyl (C=O) groups excluding carboxylic acids is 2. The Bertz CT molecular complexity index is 1020. The summed E-state index contributed by atoms with van der Waals surface area (Å²) in [7, 11) is 0. The van der Waals surface area contributed by atoms with Crippen molar-refractivity contribution in [3.63, 3.8) is 0 Å². The number of benzene rings is 2. The molecule has 2 aromatic carbocycles. The van der Waals surface area contributed by atoms with Gasteiger partial charge in [0.2, 0.25) is 5.91 Å². The molecule has 5 nitrogen and oxygen atoms in total. The molecule has 2 N–H and O–H groups in total.